The summed E-state index contributed by atoms with van der Waals surface area (Å²) < 4.78 is 38.7. The van der Waals surface area contributed by atoms with Gasteiger partial charge in [-0.3, -0.25) is 4.79 Å². The summed E-state index contributed by atoms with van der Waals surface area (Å²) in [7, 11) is 0. The number of phenolic OH excluding ortho intramolecular Hbond substituents is 1. The lowest BCUT2D eigenvalue weighted by Gasteiger charge is -2.16. The van der Waals surface area contributed by atoms with Crippen molar-refractivity contribution in [1.29, 1.82) is 0 Å². The van der Waals surface area contributed by atoms with Gasteiger partial charge in [-0.2, -0.15) is 13.2 Å². The van der Waals surface area contributed by atoms with E-state index in [9.17, 15) is 23.1 Å². The zero-order valence-electron chi connectivity index (χ0n) is 12.8. The van der Waals surface area contributed by atoms with Gasteiger partial charge < -0.3 is 10.0 Å². The molecule has 3 nitrogen and oxygen atoms in total. The second kappa shape index (κ2) is 6.19. The van der Waals surface area contributed by atoms with Crippen LogP contribution in [-0.4, -0.2) is 29.0 Å². The van der Waals surface area contributed by atoms with Gasteiger partial charge in [-0.05, 0) is 54.3 Å². The first-order valence-electron chi connectivity index (χ1n) is 7.65. The Morgan fingerprint density at radius 2 is 1.71 bits per heavy atom. The lowest BCUT2D eigenvalue weighted by Crippen LogP contribution is -2.27. The number of carbonyl (C=O) groups excluding carboxylic acids is 1. The minimum Gasteiger partial charge on any atom is -0.508 e. The maximum atomic E-state index is 12.9. The van der Waals surface area contributed by atoms with Gasteiger partial charge in [0.1, 0.15) is 5.75 Å². The maximum absolute atomic E-state index is 12.9. The SMILES string of the molecule is O=C(c1cccc(-c2cc(O)cc(C(F)(F)F)c2)c1)N1CCCC1. The van der Waals surface area contributed by atoms with Crippen LogP contribution in [0.3, 0.4) is 0 Å². The van der Waals surface area contributed by atoms with Crippen LogP contribution in [0.1, 0.15) is 28.8 Å². The van der Waals surface area contributed by atoms with Crippen LogP contribution in [0.5, 0.6) is 5.75 Å². The van der Waals surface area contributed by atoms with Crippen LogP contribution in [0, 0.1) is 0 Å². The summed E-state index contributed by atoms with van der Waals surface area (Å²) in [5.41, 5.74) is 0.194. The summed E-state index contributed by atoms with van der Waals surface area (Å²) in [6, 6.07) is 9.38. The number of phenols is 1. The molecular weight excluding hydrogens is 319 g/mol. The van der Waals surface area contributed by atoms with Gasteiger partial charge in [-0.15, -0.1) is 0 Å². The van der Waals surface area contributed by atoms with Gasteiger partial charge in [0.25, 0.3) is 5.91 Å². The number of hydrogen-bond donors (Lipinski definition) is 1. The van der Waals surface area contributed by atoms with Crippen molar-refractivity contribution < 1.29 is 23.1 Å². The summed E-state index contributed by atoms with van der Waals surface area (Å²) in [4.78, 5) is 14.2. The Balaban J connectivity index is 1.97. The summed E-state index contributed by atoms with van der Waals surface area (Å²) in [5.74, 6) is -0.582. The van der Waals surface area contributed by atoms with Crippen LogP contribution >= 0.6 is 0 Å². The van der Waals surface area contributed by atoms with E-state index in [4.69, 9.17) is 0 Å². The monoisotopic (exact) mass is 335 g/mol. The third-order valence-electron chi connectivity index (χ3n) is 4.08. The van der Waals surface area contributed by atoms with E-state index >= 15 is 0 Å². The lowest BCUT2D eigenvalue weighted by molar-refractivity contribution is -0.137. The maximum Gasteiger partial charge on any atom is 0.416 e. The highest BCUT2D eigenvalue weighted by atomic mass is 19.4. The van der Waals surface area contributed by atoms with E-state index in [2.05, 4.69) is 0 Å². The number of halogens is 3. The molecule has 1 amide bonds. The first kappa shape index (κ1) is 16.4. The van der Waals surface area contributed by atoms with Crippen molar-refractivity contribution in [1.82, 2.24) is 4.90 Å². The number of hydrogen-bond acceptors (Lipinski definition) is 2. The number of aromatic hydroxyl groups is 1. The molecule has 1 N–H and O–H groups in total. The quantitative estimate of drug-likeness (QED) is 0.888. The highest BCUT2D eigenvalue weighted by Gasteiger charge is 2.31. The van der Waals surface area contributed by atoms with E-state index in [0.717, 1.165) is 18.9 Å². The third-order valence-corrected chi connectivity index (χ3v) is 4.08. The minimum atomic E-state index is -4.55. The molecule has 1 aliphatic rings. The normalized spacial score (nSPS) is 14.9. The first-order valence-corrected chi connectivity index (χ1v) is 7.65. The zero-order valence-corrected chi connectivity index (χ0v) is 12.8. The Morgan fingerprint density at radius 3 is 2.38 bits per heavy atom. The third kappa shape index (κ3) is 3.37. The molecule has 24 heavy (non-hydrogen) atoms. The number of nitrogens with zero attached hydrogens (tertiary/aromatic N) is 1. The van der Waals surface area contributed by atoms with Crippen LogP contribution in [0.25, 0.3) is 11.1 Å². The standard InChI is InChI=1S/C18H16F3NO2/c19-18(20,21)15-9-14(10-16(23)11-15)12-4-3-5-13(8-12)17(24)22-6-1-2-7-22/h3-5,8-11,23H,1-2,6-7H2. The van der Waals surface area contributed by atoms with Crippen LogP contribution in [0.4, 0.5) is 13.2 Å². The fourth-order valence-corrected chi connectivity index (χ4v) is 2.88. The molecule has 3 rings (SSSR count). The van der Waals surface area contributed by atoms with Crippen molar-refractivity contribution >= 4 is 5.91 Å². The van der Waals surface area contributed by atoms with Crippen molar-refractivity contribution in [3.8, 4) is 16.9 Å². The molecule has 0 radical (unpaired) electrons. The first-order chi connectivity index (χ1) is 11.3. The molecule has 0 atom stereocenters. The number of likely N-dealkylation sites (tertiary alicyclic amines) is 1. The van der Waals surface area contributed by atoms with E-state index in [0.29, 0.717) is 30.3 Å². The molecule has 1 heterocycles. The molecule has 0 bridgehead atoms. The summed E-state index contributed by atoms with van der Waals surface area (Å²) in [6.45, 7) is 1.40. The predicted octanol–water partition coefficient (Wildman–Crippen LogP) is 4.31. The molecule has 0 aromatic heterocycles. The van der Waals surface area contributed by atoms with Gasteiger partial charge in [0.2, 0.25) is 0 Å². The Kier molecular flexibility index (Phi) is 4.22. The van der Waals surface area contributed by atoms with Gasteiger partial charge in [0.05, 0.1) is 5.56 Å². The molecule has 126 valence electrons. The highest BCUT2D eigenvalue weighted by molar-refractivity contribution is 5.95. The van der Waals surface area contributed by atoms with Gasteiger partial charge in [-0.25, -0.2) is 0 Å². The molecule has 6 heteroatoms. The van der Waals surface area contributed by atoms with E-state index in [-0.39, 0.29) is 11.5 Å². The second-order valence-electron chi connectivity index (χ2n) is 5.85. The molecule has 1 aliphatic heterocycles. The Morgan fingerprint density at radius 1 is 1.00 bits per heavy atom. The minimum absolute atomic E-state index is 0.120. The largest absolute Gasteiger partial charge is 0.508 e. The number of rotatable bonds is 2. The van der Waals surface area contributed by atoms with Gasteiger partial charge in [-0.1, -0.05) is 12.1 Å². The van der Waals surface area contributed by atoms with Crippen molar-refractivity contribution in [2.75, 3.05) is 13.1 Å². The lowest BCUT2D eigenvalue weighted by atomic mass is 10.00. The fourth-order valence-electron chi connectivity index (χ4n) is 2.88. The number of alkyl halides is 3. The van der Waals surface area contributed by atoms with Crippen LogP contribution < -0.4 is 0 Å². The van der Waals surface area contributed by atoms with E-state index in [1.165, 1.54) is 6.07 Å². The Hall–Kier alpha value is -2.50. The molecule has 0 unspecified atom stereocenters. The molecule has 0 spiro atoms. The fraction of sp³-hybridized carbons (Fsp3) is 0.278. The topological polar surface area (TPSA) is 40.5 Å². The van der Waals surface area contributed by atoms with Gasteiger partial charge >= 0.3 is 6.18 Å². The number of carbonyl (C=O) groups is 1. The molecular formula is C18H16F3NO2. The molecule has 0 saturated carbocycles. The van der Waals surface area contributed by atoms with Crippen molar-refractivity contribution in [3.63, 3.8) is 0 Å². The smallest absolute Gasteiger partial charge is 0.416 e. The Bertz CT molecular complexity index is 765. The number of benzene rings is 2. The number of amides is 1. The van der Waals surface area contributed by atoms with Crippen LogP contribution in [-0.2, 0) is 6.18 Å². The van der Waals surface area contributed by atoms with Crippen molar-refractivity contribution in [2.24, 2.45) is 0 Å². The Labute approximate surface area is 137 Å². The molecule has 2 aromatic rings. The van der Waals surface area contributed by atoms with Gasteiger partial charge in [0.15, 0.2) is 0 Å². The van der Waals surface area contributed by atoms with Crippen molar-refractivity contribution in [3.05, 3.63) is 53.6 Å². The van der Waals surface area contributed by atoms with Crippen molar-refractivity contribution in [2.45, 2.75) is 19.0 Å². The zero-order chi connectivity index (χ0) is 17.3. The highest BCUT2D eigenvalue weighted by Crippen LogP contribution is 2.35. The van der Waals surface area contributed by atoms with Crippen LogP contribution in [0.15, 0.2) is 42.5 Å². The molecule has 0 aliphatic carbocycles. The van der Waals surface area contributed by atoms with E-state index in [1.54, 1.807) is 29.2 Å². The summed E-state index contributed by atoms with van der Waals surface area (Å²) in [6.07, 6.45) is -2.61. The van der Waals surface area contributed by atoms with Crippen LogP contribution in [0.2, 0.25) is 0 Å². The molecule has 1 saturated heterocycles. The average Bonchev–Trinajstić information content (AvgIpc) is 3.07. The summed E-state index contributed by atoms with van der Waals surface area (Å²) >= 11 is 0. The van der Waals surface area contributed by atoms with Gasteiger partial charge in [0, 0.05) is 18.7 Å². The molecule has 2 aromatic carbocycles. The average molecular weight is 335 g/mol. The molecule has 1 fully saturated rings. The second-order valence-corrected chi connectivity index (χ2v) is 5.85. The van der Waals surface area contributed by atoms with E-state index < -0.39 is 17.5 Å². The van der Waals surface area contributed by atoms with E-state index in [1.807, 2.05) is 0 Å². The summed E-state index contributed by atoms with van der Waals surface area (Å²) in [5, 5.41) is 9.59. The predicted molar refractivity (Wildman–Crippen MR) is 83.7 cm³/mol.